The quantitative estimate of drug-likeness (QED) is 0.153. The lowest BCUT2D eigenvalue weighted by atomic mass is 9.83. The average molecular weight is 1690 g/mol. The maximum absolute atomic E-state index is 12.5. The minimum absolute atomic E-state index is 0.0311. The number of amides is 7. The van der Waals surface area contributed by atoms with Crippen LogP contribution in [0.2, 0.25) is 0 Å². The van der Waals surface area contributed by atoms with E-state index in [2.05, 4.69) is 115 Å². The van der Waals surface area contributed by atoms with Crippen LogP contribution in [-0.2, 0) is 38.3 Å². The van der Waals surface area contributed by atoms with Crippen molar-refractivity contribution in [2.24, 2.45) is 53.3 Å². The van der Waals surface area contributed by atoms with Gasteiger partial charge < -0.3 is 78.4 Å². The Labute approximate surface area is 723 Å². The summed E-state index contributed by atoms with van der Waals surface area (Å²) >= 11 is 0. The van der Waals surface area contributed by atoms with Crippen LogP contribution in [0, 0.1) is 53.3 Å². The molecule has 7 amide bonds. The topological polar surface area (TPSA) is 194 Å². The number of methoxy groups -OCH3 is 1. The van der Waals surface area contributed by atoms with E-state index in [9.17, 15) is 46.7 Å². The Morgan fingerprint density at radius 3 is 0.750 bits per heavy atom. The van der Waals surface area contributed by atoms with Crippen molar-refractivity contribution in [3.05, 3.63) is 0 Å². The highest BCUT2D eigenvalue weighted by Gasteiger charge is 2.46. The van der Waals surface area contributed by atoms with E-state index in [4.69, 9.17) is 9.84 Å². The maximum atomic E-state index is 12.5. The molecule has 23 nitrogen and oxygen atoms in total. The van der Waals surface area contributed by atoms with Crippen LogP contribution in [0.15, 0.2) is 0 Å². The van der Waals surface area contributed by atoms with Crippen LogP contribution in [0.5, 0.6) is 0 Å². The molecule has 1 N–H and O–H groups in total. The molecule has 26 heteroatoms. The molecule has 120 heavy (non-hydrogen) atoms. The summed E-state index contributed by atoms with van der Waals surface area (Å²) < 4.78 is 41.9. The molecule has 0 aromatic rings. The van der Waals surface area contributed by atoms with Crippen molar-refractivity contribution in [1.29, 1.82) is 0 Å². The zero-order valence-electron chi connectivity index (χ0n) is 76.8. The van der Waals surface area contributed by atoms with E-state index in [1.807, 2.05) is 11.8 Å². The van der Waals surface area contributed by atoms with Crippen LogP contribution < -0.4 is 0 Å². The minimum Gasteiger partial charge on any atom is -0.387 e. The van der Waals surface area contributed by atoms with E-state index in [1.54, 1.807) is 7.11 Å². The van der Waals surface area contributed by atoms with Crippen molar-refractivity contribution in [3.63, 3.8) is 0 Å². The lowest BCUT2D eigenvalue weighted by Gasteiger charge is -2.39. The van der Waals surface area contributed by atoms with Gasteiger partial charge in [0, 0.05) is 120 Å². The summed E-state index contributed by atoms with van der Waals surface area (Å²) in [5.41, 5.74) is 0. The molecule has 16 aliphatic rings. The predicted octanol–water partition coefficient (Wildman–Crippen LogP) is 11.2. The number of aliphatic hydroxyl groups is 1. The van der Waals surface area contributed by atoms with Gasteiger partial charge in [0.05, 0.1) is 0 Å². The normalized spacial score (nSPS) is 29.0. The number of likely N-dealkylation sites (tertiary alicyclic amines) is 14. The van der Waals surface area contributed by atoms with Crippen molar-refractivity contribution >= 4 is 41.4 Å². The molecule has 7 atom stereocenters. The Kier molecular flexibility index (Phi) is 40.1. The van der Waals surface area contributed by atoms with Crippen molar-refractivity contribution in [2.75, 3.05) is 207 Å². The molecule has 0 aromatic carbocycles. The van der Waals surface area contributed by atoms with E-state index in [-0.39, 0.29) is 31.1 Å². The van der Waals surface area contributed by atoms with E-state index in [0.717, 1.165) is 173 Å². The lowest BCUT2D eigenvalue weighted by Crippen LogP contribution is -2.47. The second-order valence-electron chi connectivity index (χ2n) is 39.8. The van der Waals surface area contributed by atoms with E-state index >= 15 is 0 Å². The Balaban J connectivity index is 0.000000147. The number of piperidine rings is 7. The molecule has 14 aliphatic heterocycles. The van der Waals surface area contributed by atoms with Crippen LogP contribution in [0.1, 0.15) is 251 Å². The standard InChI is InChI=1S/C15H26N2O.C14H24N2O.C14H26N2O.C13H21F3N2O.C13H24N2O2.C13H24N2O.C12H22N2O2/c1-16-10-7-12(8-11-16)14-6-3-9-17(14)15(18)13-4-2-5-13;1-15-9-6-11(7-10-15)13-3-2-8-16(13)14(17)12-4-5-12;1-3-5-14(17)16-9-4-6-13(16)12-7-10-15(2)11-8-12;1-17-7-4-10(5-8-17)11-3-2-6-18(11)12(19)9-13(14,15)16;1-14-8-5-11(6-9-14)12-4-3-7-15(12)13(16)10-17-2;1-3-13(16)15-8-4-5-12(15)11-6-9-14(2)10-7-11;1-13-7-4-10(5-8-13)11-3-2-6-14(11)12(16)9-15/h12-14H,2-11H2,1H3;11-13H,2-10H2,1H3;12-13H,3-11H2,1-2H3;10-11H,2-9H2,1H3;11-12H,3-10H2,1-2H3;11-12H,3-10H2,1-2H3;10-11,15H,2-9H2,1H3/t14-;13-;;11-;2*12-;11-/m00.0000/s1. The number of ether oxygens (including phenoxy) is 1. The first-order chi connectivity index (χ1) is 57.8. The summed E-state index contributed by atoms with van der Waals surface area (Å²) in [6.45, 7) is 26.6. The van der Waals surface area contributed by atoms with Crippen molar-refractivity contribution in [2.45, 2.75) is 300 Å². The SMILES string of the molecule is CCC(=O)N1CCC[C@H]1C1CCN(C)CC1.CCCC(=O)N1CCCC1C1CCN(C)CC1.CN1CCC([C@@H]2CCCN2C(=O)C2CC2)CC1.CN1CCC([C@@H]2CCCN2C(=O)C2CCC2)CC1.CN1CCC([C@@H]2CCCN2C(=O)CC(F)(F)F)CC1.CN1CCC([C@@H]2CCCN2C(=O)CO)CC1.COCC(=O)N1CCC[C@H]1C1CCN(C)CC1. The highest BCUT2D eigenvalue weighted by atomic mass is 19.4. The van der Waals surface area contributed by atoms with Crippen LogP contribution in [0.25, 0.3) is 0 Å². The number of hydrogen-bond acceptors (Lipinski definition) is 16. The number of rotatable bonds is 16. The third kappa shape index (κ3) is 28.9. The summed E-state index contributed by atoms with van der Waals surface area (Å²) in [6.07, 6.45) is 35.7. The molecule has 2 saturated carbocycles. The Morgan fingerprint density at radius 2 is 0.525 bits per heavy atom. The fraction of sp³-hybridized carbons (Fsp3) is 0.926. The number of aliphatic hydroxyl groups excluding tert-OH is 1. The van der Waals surface area contributed by atoms with E-state index in [0.29, 0.717) is 102 Å². The number of carbonyl (C=O) groups is 7. The molecular weight excluding hydrogens is 1530 g/mol. The number of alkyl halides is 3. The molecule has 2 aliphatic carbocycles. The molecular formula is C94H167F3N14O9. The Bertz CT molecular complexity index is 2960. The fourth-order valence-electron chi connectivity index (χ4n) is 23.6. The number of halogens is 3. The summed E-state index contributed by atoms with van der Waals surface area (Å²) in [5.74, 6) is 6.65. The van der Waals surface area contributed by atoms with Gasteiger partial charge in [-0.15, -0.1) is 0 Å². The molecule has 16 fully saturated rings. The van der Waals surface area contributed by atoms with Gasteiger partial charge >= 0.3 is 6.18 Å². The summed E-state index contributed by atoms with van der Waals surface area (Å²) in [5, 5.41) is 8.95. The van der Waals surface area contributed by atoms with Gasteiger partial charge in [0.15, 0.2) is 0 Å². The lowest BCUT2D eigenvalue weighted by molar-refractivity contribution is -0.163. The largest absolute Gasteiger partial charge is 0.397 e. The van der Waals surface area contributed by atoms with Crippen molar-refractivity contribution in [1.82, 2.24) is 68.6 Å². The number of carbonyl (C=O) groups excluding carboxylic acids is 7. The fourth-order valence-corrected chi connectivity index (χ4v) is 23.6. The molecule has 0 bridgehead atoms. The van der Waals surface area contributed by atoms with Gasteiger partial charge in [-0.1, -0.05) is 20.3 Å². The van der Waals surface area contributed by atoms with Crippen LogP contribution >= 0.6 is 0 Å². The molecule has 0 aromatic heterocycles. The summed E-state index contributed by atoms with van der Waals surface area (Å²) in [6, 6.07) is 3.18. The highest BCUT2D eigenvalue weighted by molar-refractivity contribution is 5.82. The average Bonchev–Trinajstić information content (AvgIpc) is 1.66. The first kappa shape index (κ1) is 97.9. The van der Waals surface area contributed by atoms with Gasteiger partial charge in [-0.2, -0.15) is 13.2 Å². The van der Waals surface area contributed by atoms with E-state index < -0.39 is 18.5 Å². The number of nitrogens with zero attached hydrogens (tertiary/aromatic N) is 14. The third-order valence-electron chi connectivity index (χ3n) is 31.3. The van der Waals surface area contributed by atoms with Gasteiger partial charge in [-0.25, -0.2) is 0 Å². The van der Waals surface area contributed by atoms with Crippen molar-refractivity contribution in [3.8, 4) is 0 Å². The predicted molar refractivity (Wildman–Crippen MR) is 470 cm³/mol. The second kappa shape index (κ2) is 49.2. The molecule has 688 valence electrons. The van der Waals surface area contributed by atoms with Gasteiger partial charge in [0.1, 0.15) is 19.6 Å². The third-order valence-corrected chi connectivity index (χ3v) is 31.3. The Hall–Kier alpha value is -4.28. The molecule has 14 saturated heterocycles. The summed E-state index contributed by atoms with van der Waals surface area (Å²) in [4.78, 5) is 115. The minimum atomic E-state index is -4.39. The second-order valence-corrected chi connectivity index (χ2v) is 39.8. The zero-order valence-corrected chi connectivity index (χ0v) is 76.8. The molecule has 16 rings (SSSR count). The first-order valence-corrected chi connectivity index (χ1v) is 48.8. The molecule has 0 spiro atoms. The maximum Gasteiger partial charge on any atom is 0.397 e. The molecule has 1 unspecified atom stereocenters. The number of hydrogen-bond donors (Lipinski definition) is 1. The van der Waals surface area contributed by atoms with Gasteiger partial charge in [0.25, 0.3) is 0 Å². The van der Waals surface area contributed by atoms with Gasteiger partial charge in [-0.3, -0.25) is 33.6 Å². The zero-order chi connectivity index (χ0) is 86.0. The highest BCUT2D eigenvalue weighted by Crippen LogP contribution is 2.41. The van der Waals surface area contributed by atoms with Crippen molar-refractivity contribution < 1.29 is 56.6 Å². The van der Waals surface area contributed by atoms with Gasteiger partial charge in [0.2, 0.25) is 41.4 Å². The van der Waals surface area contributed by atoms with Gasteiger partial charge in [-0.05, 0) is 394 Å². The van der Waals surface area contributed by atoms with Crippen LogP contribution in [-0.4, -0.2) is 371 Å². The van der Waals surface area contributed by atoms with E-state index in [1.165, 1.54) is 212 Å². The molecule has 14 heterocycles. The van der Waals surface area contributed by atoms with Crippen LogP contribution in [0.4, 0.5) is 13.2 Å². The smallest absolute Gasteiger partial charge is 0.387 e. The monoisotopic (exact) mass is 1690 g/mol. The van der Waals surface area contributed by atoms with Crippen LogP contribution in [0.3, 0.4) is 0 Å². The molecule has 0 radical (unpaired) electrons. The Morgan fingerprint density at radius 1 is 0.292 bits per heavy atom. The summed E-state index contributed by atoms with van der Waals surface area (Å²) in [7, 11) is 16.8. The first-order valence-electron chi connectivity index (χ1n) is 48.8.